The number of allylic oxidation sites excluding steroid dienone is 18. The molecule has 0 amide bonds. The summed E-state index contributed by atoms with van der Waals surface area (Å²) in [6.07, 6.45) is 89.5. The molecular formula is C72H122O6. The highest BCUT2D eigenvalue weighted by Gasteiger charge is 2.19. The van der Waals surface area contributed by atoms with E-state index < -0.39 is 6.10 Å². The fraction of sp³-hybridized carbons (Fsp3) is 0.708. The lowest BCUT2D eigenvalue weighted by atomic mass is 10.0. The number of hydrogen-bond acceptors (Lipinski definition) is 6. The van der Waals surface area contributed by atoms with Crippen molar-refractivity contribution >= 4 is 17.9 Å². The number of rotatable bonds is 59. The Bertz CT molecular complexity index is 1570. The van der Waals surface area contributed by atoms with Gasteiger partial charge in [0, 0.05) is 19.3 Å². The van der Waals surface area contributed by atoms with Gasteiger partial charge in [-0.3, -0.25) is 14.4 Å². The molecular weight excluding hydrogens is 961 g/mol. The van der Waals surface area contributed by atoms with Crippen molar-refractivity contribution in [2.75, 3.05) is 13.2 Å². The average Bonchev–Trinajstić information content (AvgIpc) is 3.44. The van der Waals surface area contributed by atoms with E-state index in [0.717, 1.165) is 135 Å². The molecule has 0 spiro atoms. The Morgan fingerprint density at radius 2 is 0.500 bits per heavy atom. The molecule has 6 nitrogen and oxygen atoms in total. The van der Waals surface area contributed by atoms with Gasteiger partial charge in [0.25, 0.3) is 0 Å². The molecule has 0 N–H and O–H groups in total. The molecule has 0 aromatic rings. The molecule has 0 aliphatic rings. The Hall–Kier alpha value is -3.93. The van der Waals surface area contributed by atoms with Gasteiger partial charge in [-0.05, 0) is 103 Å². The van der Waals surface area contributed by atoms with Crippen molar-refractivity contribution in [2.24, 2.45) is 0 Å². The molecule has 0 saturated heterocycles. The van der Waals surface area contributed by atoms with Crippen LogP contribution >= 0.6 is 0 Å². The third kappa shape index (κ3) is 62.9. The second-order valence-electron chi connectivity index (χ2n) is 21.6. The molecule has 0 aromatic heterocycles. The molecule has 0 bridgehead atoms. The first-order valence-electron chi connectivity index (χ1n) is 32.9. The first kappa shape index (κ1) is 74.1. The third-order valence-corrected chi connectivity index (χ3v) is 14.0. The standard InChI is InChI=1S/C72H122O6/c1-4-7-10-13-16-19-22-25-28-31-33-34-35-36-37-38-39-42-44-47-50-53-56-59-62-65-71(74)77-68-69(67-76-70(73)64-61-58-55-52-49-46-43-40-30-27-24-21-18-15-12-9-6-3)78-72(75)66-63-60-57-54-51-48-45-41-32-29-26-23-20-17-14-11-8-5-2/h7,9-10,12,16,18-19,21,25,27-28,30,33-34,36-37,43,46,69H,4-6,8,11,13-15,17,20,22-24,26,29,31-32,35,38-42,44-45,47-68H2,1-3H3/b10-7-,12-9-,19-16-,21-18-,28-25-,30-27-,34-33-,37-36-,46-43-. The quantitative estimate of drug-likeness (QED) is 0.0261. The van der Waals surface area contributed by atoms with Crippen LogP contribution in [0.5, 0.6) is 0 Å². The van der Waals surface area contributed by atoms with Crippen LogP contribution in [0.3, 0.4) is 0 Å². The van der Waals surface area contributed by atoms with Gasteiger partial charge in [-0.25, -0.2) is 0 Å². The van der Waals surface area contributed by atoms with E-state index in [4.69, 9.17) is 14.2 Å². The maximum absolute atomic E-state index is 12.9. The number of carbonyl (C=O) groups excluding carboxylic acids is 3. The minimum absolute atomic E-state index is 0.0879. The zero-order valence-electron chi connectivity index (χ0n) is 51.2. The van der Waals surface area contributed by atoms with Crippen molar-refractivity contribution in [3.05, 3.63) is 109 Å². The number of unbranched alkanes of at least 4 members (excludes halogenated alkanes) is 30. The van der Waals surface area contributed by atoms with Gasteiger partial charge in [-0.2, -0.15) is 0 Å². The van der Waals surface area contributed by atoms with E-state index in [0.29, 0.717) is 19.3 Å². The summed E-state index contributed by atoms with van der Waals surface area (Å²) in [5, 5.41) is 0. The van der Waals surface area contributed by atoms with E-state index in [1.165, 1.54) is 135 Å². The number of carbonyl (C=O) groups is 3. The van der Waals surface area contributed by atoms with Crippen molar-refractivity contribution in [1.29, 1.82) is 0 Å². The van der Waals surface area contributed by atoms with E-state index >= 15 is 0 Å². The molecule has 0 heterocycles. The summed E-state index contributed by atoms with van der Waals surface area (Å²) < 4.78 is 16.9. The molecule has 0 aliphatic carbocycles. The summed E-state index contributed by atoms with van der Waals surface area (Å²) in [5.41, 5.74) is 0. The Morgan fingerprint density at radius 3 is 0.782 bits per heavy atom. The van der Waals surface area contributed by atoms with Gasteiger partial charge in [-0.1, -0.05) is 297 Å². The molecule has 446 valence electrons. The van der Waals surface area contributed by atoms with E-state index in [9.17, 15) is 14.4 Å². The molecule has 0 aliphatic heterocycles. The lowest BCUT2D eigenvalue weighted by molar-refractivity contribution is -0.167. The normalized spacial score (nSPS) is 12.8. The van der Waals surface area contributed by atoms with E-state index in [-0.39, 0.29) is 31.1 Å². The second kappa shape index (κ2) is 65.6. The highest BCUT2D eigenvalue weighted by molar-refractivity contribution is 5.71. The molecule has 6 heteroatoms. The summed E-state index contributed by atoms with van der Waals surface area (Å²) >= 11 is 0. The minimum atomic E-state index is -0.792. The zero-order valence-corrected chi connectivity index (χ0v) is 51.2. The van der Waals surface area contributed by atoms with Gasteiger partial charge in [0.15, 0.2) is 6.10 Å². The second-order valence-corrected chi connectivity index (χ2v) is 21.6. The minimum Gasteiger partial charge on any atom is -0.462 e. The van der Waals surface area contributed by atoms with Crippen LogP contribution in [-0.4, -0.2) is 37.2 Å². The van der Waals surface area contributed by atoms with Crippen LogP contribution in [0.2, 0.25) is 0 Å². The van der Waals surface area contributed by atoms with Gasteiger partial charge in [-0.15, -0.1) is 0 Å². The predicted octanol–water partition coefficient (Wildman–Crippen LogP) is 22.6. The molecule has 0 aromatic carbocycles. The first-order chi connectivity index (χ1) is 38.5. The summed E-state index contributed by atoms with van der Waals surface area (Å²) in [7, 11) is 0. The van der Waals surface area contributed by atoms with Gasteiger partial charge in [0.05, 0.1) is 0 Å². The highest BCUT2D eigenvalue weighted by Crippen LogP contribution is 2.17. The average molecular weight is 1080 g/mol. The molecule has 0 fully saturated rings. The number of esters is 3. The molecule has 0 saturated carbocycles. The van der Waals surface area contributed by atoms with E-state index in [2.05, 4.69) is 130 Å². The summed E-state index contributed by atoms with van der Waals surface area (Å²) in [5.74, 6) is -0.906. The maximum atomic E-state index is 12.9. The Labute approximate surface area is 482 Å². The van der Waals surface area contributed by atoms with Crippen molar-refractivity contribution in [3.8, 4) is 0 Å². The van der Waals surface area contributed by atoms with Crippen LogP contribution in [0.15, 0.2) is 109 Å². The monoisotopic (exact) mass is 1080 g/mol. The fourth-order valence-electron chi connectivity index (χ4n) is 9.17. The first-order valence-corrected chi connectivity index (χ1v) is 32.9. The number of hydrogen-bond donors (Lipinski definition) is 0. The predicted molar refractivity (Wildman–Crippen MR) is 339 cm³/mol. The van der Waals surface area contributed by atoms with E-state index in [1.807, 2.05) is 0 Å². The SMILES string of the molecule is CC/C=C\C/C=C\C/C=C\C/C=C\C/C=C\CCCCCCCCCCCC(=O)OCC(COC(=O)CCCCCC/C=C\C/C=C\C/C=C\C/C=C\CC)OC(=O)CCCCCCCCCCCCCCCCCCCC. The van der Waals surface area contributed by atoms with Crippen LogP contribution in [0.4, 0.5) is 0 Å². The van der Waals surface area contributed by atoms with Crippen LogP contribution in [0, 0.1) is 0 Å². The number of ether oxygens (including phenoxy) is 3. The van der Waals surface area contributed by atoms with Crippen LogP contribution < -0.4 is 0 Å². The van der Waals surface area contributed by atoms with Gasteiger partial charge in [0.1, 0.15) is 13.2 Å². The Balaban J connectivity index is 4.39. The van der Waals surface area contributed by atoms with Crippen LogP contribution in [0.1, 0.15) is 310 Å². The van der Waals surface area contributed by atoms with Gasteiger partial charge >= 0.3 is 17.9 Å². The maximum Gasteiger partial charge on any atom is 0.306 e. The lowest BCUT2D eigenvalue weighted by Crippen LogP contribution is -2.30. The molecule has 1 atom stereocenters. The van der Waals surface area contributed by atoms with Gasteiger partial charge in [0.2, 0.25) is 0 Å². The third-order valence-electron chi connectivity index (χ3n) is 14.0. The zero-order chi connectivity index (χ0) is 56.4. The lowest BCUT2D eigenvalue weighted by Gasteiger charge is -2.18. The molecule has 0 radical (unpaired) electrons. The smallest absolute Gasteiger partial charge is 0.306 e. The highest BCUT2D eigenvalue weighted by atomic mass is 16.6. The van der Waals surface area contributed by atoms with Crippen LogP contribution in [0.25, 0.3) is 0 Å². The van der Waals surface area contributed by atoms with Crippen molar-refractivity contribution in [1.82, 2.24) is 0 Å². The summed E-state index contributed by atoms with van der Waals surface area (Å²) in [6.45, 7) is 6.42. The summed E-state index contributed by atoms with van der Waals surface area (Å²) in [6, 6.07) is 0. The van der Waals surface area contributed by atoms with Gasteiger partial charge < -0.3 is 14.2 Å². The molecule has 0 rings (SSSR count). The summed E-state index contributed by atoms with van der Waals surface area (Å²) in [4.78, 5) is 38.4. The largest absolute Gasteiger partial charge is 0.462 e. The van der Waals surface area contributed by atoms with Crippen molar-refractivity contribution in [2.45, 2.75) is 316 Å². The fourth-order valence-corrected chi connectivity index (χ4v) is 9.17. The topological polar surface area (TPSA) is 78.9 Å². The van der Waals surface area contributed by atoms with Crippen LogP contribution in [-0.2, 0) is 28.6 Å². The van der Waals surface area contributed by atoms with Crippen molar-refractivity contribution < 1.29 is 28.6 Å². The Morgan fingerprint density at radius 1 is 0.269 bits per heavy atom. The van der Waals surface area contributed by atoms with Crippen molar-refractivity contribution in [3.63, 3.8) is 0 Å². The molecule has 78 heavy (non-hydrogen) atoms. The Kier molecular flexibility index (Phi) is 62.3. The van der Waals surface area contributed by atoms with E-state index in [1.54, 1.807) is 0 Å². The molecule has 1 unspecified atom stereocenters.